The fourth-order valence-corrected chi connectivity index (χ4v) is 4.54. The van der Waals surface area contributed by atoms with Crippen LogP contribution in [-0.2, 0) is 6.42 Å². The normalized spacial score (nSPS) is 19.2. The highest BCUT2D eigenvalue weighted by Crippen LogP contribution is 2.38. The van der Waals surface area contributed by atoms with Crippen molar-refractivity contribution < 1.29 is 4.52 Å². The summed E-state index contributed by atoms with van der Waals surface area (Å²) < 4.78 is 5.88. The monoisotopic (exact) mass is 356 g/mol. The lowest BCUT2D eigenvalue weighted by Gasteiger charge is -2.32. The van der Waals surface area contributed by atoms with Gasteiger partial charge < -0.3 is 19.6 Å². The summed E-state index contributed by atoms with van der Waals surface area (Å²) in [6, 6.07) is 4.52. The van der Waals surface area contributed by atoms with E-state index in [0.717, 1.165) is 49.8 Å². The second kappa shape index (κ2) is 7.87. The molecule has 4 rings (SSSR count). The van der Waals surface area contributed by atoms with Gasteiger partial charge in [-0.25, -0.2) is 0 Å². The first-order valence-electron chi connectivity index (χ1n) is 10.3. The Morgan fingerprint density at radius 3 is 2.65 bits per heavy atom. The van der Waals surface area contributed by atoms with E-state index >= 15 is 0 Å². The Morgan fingerprint density at radius 1 is 1.15 bits per heavy atom. The predicted molar refractivity (Wildman–Crippen MR) is 108 cm³/mol. The number of nitrogens with zero attached hydrogens (tertiary/aromatic N) is 3. The second-order valence-corrected chi connectivity index (χ2v) is 8.11. The summed E-state index contributed by atoms with van der Waals surface area (Å²) in [7, 11) is 4.22. The van der Waals surface area contributed by atoms with E-state index in [9.17, 15) is 0 Å². The molecule has 2 saturated heterocycles. The lowest BCUT2D eigenvalue weighted by molar-refractivity contribution is 0.350. The van der Waals surface area contributed by atoms with Crippen LogP contribution in [0.2, 0.25) is 0 Å². The zero-order chi connectivity index (χ0) is 17.9. The number of anilines is 2. The molecule has 5 heteroatoms. The molecule has 0 unspecified atom stereocenters. The van der Waals surface area contributed by atoms with Gasteiger partial charge in [-0.1, -0.05) is 5.16 Å². The average molecular weight is 357 g/mol. The summed E-state index contributed by atoms with van der Waals surface area (Å²) in [5.41, 5.74) is 4.57. The van der Waals surface area contributed by atoms with E-state index in [-0.39, 0.29) is 0 Å². The van der Waals surface area contributed by atoms with Gasteiger partial charge in [0, 0.05) is 32.6 Å². The number of fused-ring (bicyclic) bond motifs is 1. The van der Waals surface area contributed by atoms with Crippen molar-refractivity contribution in [2.45, 2.75) is 44.9 Å². The Morgan fingerprint density at radius 2 is 1.92 bits per heavy atom. The van der Waals surface area contributed by atoms with Crippen molar-refractivity contribution in [3.63, 3.8) is 0 Å². The van der Waals surface area contributed by atoms with E-state index in [4.69, 9.17) is 4.52 Å². The van der Waals surface area contributed by atoms with Gasteiger partial charge in [-0.05, 0) is 76.1 Å². The molecule has 2 aliphatic rings. The van der Waals surface area contributed by atoms with Crippen molar-refractivity contribution in [3.05, 3.63) is 17.8 Å². The molecule has 2 aliphatic heterocycles. The van der Waals surface area contributed by atoms with E-state index in [2.05, 4.69) is 46.5 Å². The molecule has 0 amide bonds. The highest BCUT2D eigenvalue weighted by molar-refractivity contribution is 5.98. The summed E-state index contributed by atoms with van der Waals surface area (Å²) in [6.45, 7) is 4.61. The third kappa shape index (κ3) is 3.54. The average Bonchev–Trinajstić information content (AvgIpc) is 3.10. The van der Waals surface area contributed by atoms with Crippen molar-refractivity contribution >= 4 is 22.3 Å². The van der Waals surface area contributed by atoms with Gasteiger partial charge in [0.1, 0.15) is 5.69 Å². The second-order valence-electron chi connectivity index (χ2n) is 8.11. The van der Waals surface area contributed by atoms with Gasteiger partial charge in [0.15, 0.2) is 5.58 Å². The molecule has 0 bridgehead atoms. The molecule has 2 fully saturated rings. The van der Waals surface area contributed by atoms with Crippen LogP contribution in [0, 0.1) is 5.92 Å². The highest BCUT2D eigenvalue weighted by Gasteiger charge is 2.22. The molecule has 142 valence electrons. The van der Waals surface area contributed by atoms with Crippen LogP contribution in [0.3, 0.4) is 0 Å². The van der Waals surface area contributed by atoms with Crippen LogP contribution in [0.4, 0.5) is 11.4 Å². The van der Waals surface area contributed by atoms with Crippen molar-refractivity contribution in [2.24, 2.45) is 5.92 Å². The summed E-state index contributed by atoms with van der Waals surface area (Å²) in [6.07, 6.45) is 8.72. The molecule has 3 heterocycles. The van der Waals surface area contributed by atoms with Crippen LogP contribution in [0.25, 0.3) is 11.0 Å². The minimum absolute atomic E-state index is 0.823. The molecule has 5 nitrogen and oxygen atoms in total. The Labute approximate surface area is 156 Å². The van der Waals surface area contributed by atoms with Gasteiger partial charge in [0.2, 0.25) is 0 Å². The predicted octanol–water partition coefficient (Wildman–Crippen LogP) is 3.82. The molecule has 26 heavy (non-hydrogen) atoms. The van der Waals surface area contributed by atoms with Crippen LogP contribution in [0.1, 0.15) is 44.2 Å². The van der Waals surface area contributed by atoms with Gasteiger partial charge in [-0.15, -0.1) is 0 Å². The fraction of sp³-hybridized carbons (Fsp3) is 0.667. The Hall–Kier alpha value is -1.75. The van der Waals surface area contributed by atoms with E-state index in [1.807, 2.05) is 0 Å². The van der Waals surface area contributed by atoms with E-state index < -0.39 is 0 Å². The number of hydrogen-bond donors (Lipinski definition) is 1. The Balaban J connectivity index is 1.60. The maximum absolute atomic E-state index is 5.88. The van der Waals surface area contributed by atoms with Crippen LogP contribution in [0.15, 0.2) is 16.7 Å². The number of benzene rings is 1. The largest absolute Gasteiger partial charge is 0.373 e. The summed E-state index contributed by atoms with van der Waals surface area (Å²) in [5.74, 6) is 0.823. The molecule has 0 aliphatic carbocycles. The van der Waals surface area contributed by atoms with Gasteiger partial charge in [0.05, 0.1) is 11.4 Å². The smallest absolute Gasteiger partial charge is 0.192 e. The van der Waals surface area contributed by atoms with E-state index in [1.54, 1.807) is 0 Å². The minimum atomic E-state index is 0.823. The molecular formula is C21H32N4O. The van der Waals surface area contributed by atoms with Crippen LogP contribution >= 0.6 is 0 Å². The lowest BCUT2D eigenvalue weighted by Crippen LogP contribution is -2.30. The number of nitrogens with one attached hydrogen (secondary N) is 1. The molecular weight excluding hydrogens is 324 g/mol. The maximum Gasteiger partial charge on any atom is 0.192 e. The first kappa shape index (κ1) is 17.7. The van der Waals surface area contributed by atoms with Crippen LogP contribution < -0.4 is 15.1 Å². The third-order valence-electron chi connectivity index (χ3n) is 6.06. The van der Waals surface area contributed by atoms with Gasteiger partial charge >= 0.3 is 0 Å². The molecule has 1 aromatic carbocycles. The molecule has 0 saturated carbocycles. The fourth-order valence-electron chi connectivity index (χ4n) is 4.54. The molecule has 0 atom stereocenters. The molecule has 1 N–H and O–H groups in total. The lowest BCUT2D eigenvalue weighted by atomic mass is 9.92. The van der Waals surface area contributed by atoms with Gasteiger partial charge in [-0.3, -0.25) is 0 Å². The molecule has 1 aromatic heterocycles. The summed E-state index contributed by atoms with van der Waals surface area (Å²) in [5, 5.41) is 9.12. The van der Waals surface area contributed by atoms with Crippen molar-refractivity contribution in [3.8, 4) is 0 Å². The number of rotatable bonds is 5. The zero-order valence-electron chi connectivity index (χ0n) is 16.3. The summed E-state index contributed by atoms with van der Waals surface area (Å²) in [4.78, 5) is 4.70. The minimum Gasteiger partial charge on any atom is -0.373 e. The number of aryl methyl sites for hydroxylation is 1. The topological polar surface area (TPSA) is 44.5 Å². The third-order valence-corrected chi connectivity index (χ3v) is 6.06. The van der Waals surface area contributed by atoms with Crippen molar-refractivity contribution in [1.29, 1.82) is 0 Å². The van der Waals surface area contributed by atoms with E-state index in [0.29, 0.717) is 0 Å². The summed E-state index contributed by atoms with van der Waals surface area (Å²) >= 11 is 0. The molecule has 0 radical (unpaired) electrons. The van der Waals surface area contributed by atoms with Crippen molar-refractivity contribution in [2.75, 3.05) is 50.1 Å². The number of aromatic nitrogens is 1. The standard InChI is InChI=1S/C21H32N4O/c1-24(2)20-19(25-14-4-3-5-15-25)9-7-17-18(23-26-21(17)20)8-6-16-10-12-22-13-11-16/h7,9,16,22H,3-6,8,10-15H2,1-2H3. The Bertz CT molecular complexity index is 727. The quantitative estimate of drug-likeness (QED) is 0.882. The SMILES string of the molecule is CN(C)c1c(N2CCCCC2)ccc2c(CCC3CCNCC3)noc12. The van der Waals surface area contributed by atoms with Gasteiger partial charge in [-0.2, -0.15) is 0 Å². The van der Waals surface area contributed by atoms with E-state index in [1.165, 1.54) is 55.3 Å². The van der Waals surface area contributed by atoms with Crippen LogP contribution in [-0.4, -0.2) is 45.4 Å². The number of hydrogen-bond acceptors (Lipinski definition) is 5. The molecule has 2 aromatic rings. The first-order valence-corrected chi connectivity index (χ1v) is 10.3. The van der Waals surface area contributed by atoms with Crippen molar-refractivity contribution in [1.82, 2.24) is 10.5 Å². The maximum atomic E-state index is 5.88. The van der Waals surface area contributed by atoms with Gasteiger partial charge in [0.25, 0.3) is 0 Å². The Kier molecular flexibility index (Phi) is 5.34. The molecule has 0 spiro atoms. The first-order chi connectivity index (χ1) is 12.7. The zero-order valence-corrected chi connectivity index (χ0v) is 16.3. The number of piperidine rings is 2. The highest BCUT2D eigenvalue weighted by atomic mass is 16.5. The van der Waals surface area contributed by atoms with Crippen LogP contribution in [0.5, 0.6) is 0 Å².